The number of nitrogens with zero attached hydrogens (tertiary/aromatic N) is 4. The predicted molar refractivity (Wildman–Crippen MR) is 100 cm³/mol. The van der Waals surface area contributed by atoms with E-state index in [1.165, 1.54) is 28.2 Å². The highest BCUT2D eigenvalue weighted by molar-refractivity contribution is 7.22. The van der Waals surface area contributed by atoms with Crippen LogP contribution in [0.2, 0.25) is 0 Å². The number of halogens is 1. The van der Waals surface area contributed by atoms with Crippen LogP contribution in [0.15, 0.2) is 42.5 Å². The number of anilines is 1. The molecular formula is C18H14FN5O2S. The van der Waals surface area contributed by atoms with Crippen molar-refractivity contribution in [1.29, 1.82) is 0 Å². The number of ether oxygens (including phenoxy) is 1. The Balaban J connectivity index is 1.60. The van der Waals surface area contributed by atoms with Crippen molar-refractivity contribution >= 4 is 32.6 Å². The Kier molecular flexibility index (Phi) is 4.28. The van der Waals surface area contributed by atoms with Crippen LogP contribution in [0.4, 0.5) is 9.52 Å². The second kappa shape index (κ2) is 6.76. The van der Waals surface area contributed by atoms with Gasteiger partial charge in [0, 0.05) is 0 Å². The van der Waals surface area contributed by atoms with E-state index < -0.39 is 5.91 Å². The first-order valence-electron chi connectivity index (χ1n) is 7.99. The second-order valence-corrected chi connectivity index (χ2v) is 6.68. The van der Waals surface area contributed by atoms with Crippen molar-refractivity contribution in [2.45, 2.75) is 6.92 Å². The number of nitrogens with one attached hydrogen (secondary N) is 1. The molecule has 0 bridgehead atoms. The predicted octanol–water partition coefficient (Wildman–Crippen LogP) is 3.59. The van der Waals surface area contributed by atoms with Gasteiger partial charge in [0.05, 0.1) is 17.5 Å². The van der Waals surface area contributed by atoms with E-state index in [2.05, 4.69) is 20.4 Å². The van der Waals surface area contributed by atoms with E-state index in [-0.39, 0.29) is 11.6 Å². The standard InChI is InChI=1S/C18H14FN5O2S/c1-10-20-16(23-24(10)12-8-6-11(19)7-9-12)17(25)22-18-21-15-13(26-2)4-3-5-14(15)27-18/h3-9H,1-2H3,(H,21,22,25). The molecule has 4 aromatic rings. The molecule has 1 amide bonds. The fourth-order valence-corrected chi connectivity index (χ4v) is 3.49. The summed E-state index contributed by atoms with van der Waals surface area (Å²) in [5.41, 5.74) is 1.30. The van der Waals surface area contributed by atoms with Crippen molar-refractivity contribution in [3.63, 3.8) is 0 Å². The normalized spacial score (nSPS) is 10.9. The Morgan fingerprint density at radius 3 is 2.70 bits per heavy atom. The van der Waals surface area contributed by atoms with Gasteiger partial charge in [-0.1, -0.05) is 17.4 Å². The first-order chi connectivity index (χ1) is 13.0. The summed E-state index contributed by atoms with van der Waals surface area (Å²) in [6.07, 6.45) is 0. The van der Waals surface area contributed by atoms with E-state index in [1.54, 1.807) is 26.2 Å². The molecule has 0 unspecified atom stereocenters. The summed E-state index contributed by atoms with van der Waals surface area (Å²) in [5, 5.41) is 7.36. The molecule has 2 heterocycles. The van der Waals surface area contributed by atoms with E-state index in [0.29, 0.717) is 27.9 Å². The molecule has 136 valence electrons. The number of hydrogen-bond acceptors (Lipinski definition) is 6. The monoisotopic (exact) mass is 383 g/mol. The minimum atomic E-state index is -0.475. The summed E-state index contributed by atoms with van der Waals surface area (Å²) in [7, 11) is 1.57. The molecule has 27 heavy (non-hydrogen) atoms. The Hall–Kier alpha value is -3.33. The number of rotatable bonds is 4. The largest absolute Gasteiger partial charge is 0.494 e. The average Bonchev–Trinajstić information content (AvgIpc) is 3.25. The van der Waals surface area contributed by atoms with E-state index >= 15 is 0 Å². The number of thiazole rings is 1. The van der Waals surface area contributed by atoms with Crippen molar-refractivity contribution in [3.05, 3.63) is 59.9 Å². The Bertz CT molecular complexity index is 1140. The van der Waals surface area contributed by atoms with Gasteiger partial charge in [0.1, 0.15) is 22.9 Å². The van der Waals surface area contributed by atoms with Gasteiger partial charge in [0.2, 0.25) is 5.82 Å². The van der Waals surface area contributed by atoms with Gasteiger partial charge in [-0.15, -0.1) is 5.10 Å². The van der Waals surface area contributed by atoms with Crippen LogP contribution in [0.5, 0.6) is 5.75 Å². The number of aromatic nitrogens is 4. The lowest BCUT2D eigenvalue weighted by Gasteiger charge is -2.01. The first kappa shape index (κ1) is 17.1. The Labute approximate surface area is 157 Å². The van der Waals surface area contributed by atoms with Crippen molar-refractivity contribution in [2.75, 3.05) is 12.4 Å². The zero-order chi connectivity index (χ0) is 19.0. The van der Waals surface area contributed by atoms with Gasteiger partial charge in [-0.2, -0.15) is 0 Å². The van der Waals surface area contributed by atoms with Gasteiger partial charge in [-0.25, -0.2) is 19.0 Å². The molecule has 0 fully saturated rings. The van der Waals surface area contributed by atoms with Crippen molar-refractivity contribution in [2.24, 2.45) is 0 Å². The van der Waals surface area contributed by atoms with Gasteiger partial charge in [0.25, 0.3) is 5.91 Å². The molecule has 0 aliphatic carbocycles. The fraction of sp³-hybridized carbons (Fsp3) is 0.111. The summed E-state index contributed by atoms with van der Waals surface area (Å²) in [4.78, 5) is 21.1. The number of aryl methyl sites for hydroxylation is 1. The van der Waals surface area contributed by atoms with Crippen LogP contribution in [0.1, 0.15) is 16.4 Å². The van der Waals surface area contributed by atoms with Crippen LogP contribution in [-0.4, -0.2) is 32.8 Å². The topological polar surface area (TPSA) is 81.9 Å². The van der Waals surface area contributed by atoms with Crippen LogP contribution < -0.4 is 10.1 Å². The molecule has 0 saturated heterocycles. The molecule has 1 N–H and O–H groups in total. The number of amides is 1. The molecule has 0 aliphatic heterocycles. The zero-order valence-corrected chi connectivity index (χ0v) is 15.2. The van der Waals surface area contributed by atoms with E-state index in [1.807, 2.05) is 18.2 Å². The molecule has 0 radical (unpaired) electrons. The smallest absolute Gasteiger partial charge is 0.297 e. The zero-order valence-electron chi connectivity index (χ0n) is 14.4. The number of benzene rings is 2. The maximum Gasteiger partial charge on any atom is 0.297 e. The average molecular weight is 383 g/mol. The lowest BCUT2D eigenvalue weighted by atomic mass is 10.3. The quantitative estimate of drug-likeness (QED) is 0.582. The molecule has 9 heteroatoms. The van der Waals surface area contributed by atoms with E-state index in [9.17, 15) is 9.18 Å². The minimum absolute atomic E-state index is 0.00282. The van der Waals surface area contributed by atoms with E-state index in [0.717, 1.165) is 4.70 Å². The molecule has 2 aromatic heterocycles. The molecule has 2 aromatic carbocycles. The van der Waals surface area contributed by atoms with Gasteiger partial charge in [0.15, 0.2) is 5.13 Å². The van der Waals surface area contributed by atoms with Crippen LogP contribution in [0, 0.1) is 12.7 Å². The Morgan fingerprint density at radius 2 is 1.96 bits per heavy atom. The van der Waals surface area contributed by atoms with Gasteiger partial charge in [-0.3, -0.25) is 10.1 Å². The highest BCUT2D eigenvalue weighted by Crippen LogP contribution is 2.32. The van der Waals surface area contributed by atoms with Crippen molar-refractivity contribution in [3.8, 4) is 11.4 Å². The number of fused-ring (bicyclic) bond motifs is 1. The van der Waals surface area contributed by atoms with Crippen LogP contribution >= 0.6 is 11.3 Å². The lowest BCUT2D eigenvalue weighted by Crippen LogP contribution is -2.14. The van der Waals surface area contributed by atoms with E-state index in [4.69, 9.17) is 4.74 Å². The third kappa shape index (κ3) is 3.24. The number of methoxy groups -OCH3 is 1. The summed E-state index contributed by atoms with van der Waals surface area (Å²) in [5.74, 6) is 0.331. The number of carbonyl (C=O) groups is 1. The molecule has 0 atom stereocenters. The summed E-state index contributed by atoms with van der Waals surface area (Å²) in [6.45, 7) is 1.72. The first-order valence-corrected chi connectivity index (χ1v) is 8.81. The maximum atomic E-state index is 13.1. The number of carbonyl (C=O) groups excluding carboxylic acids is 1. The summed E-state index contributed by atoms with van der Waals surface area (Å²) in [6, 6.07) is 11.4. The SMILES string of the molecule is COc1cccc2sc(NC(=O)c3nc(C)n(-c4ccc(F)cc4)n3)nc12. The third-order valence-electron chi connectivity index (χ3n) is 3.87. The molecule has 0 saturated carbocycles. The summed E-state index contributed by atoms with van der Waals surface area (Å²) >= 11 is 1.33. The molecular weight excluding hydrogens is 369 g/mol. The highest BCUT2D eigenvalue weighted by Gasteiger charge is 2.18. The molecule has 4 rings (SSSR count). The van der Waals surface area contributed by atoms with Gasteiger partial charge >= 0.3 is 0 Å². The number of hydrogen-bond donors (Lipinski definition) is 1. The highest BCUT2D eigenvalue weighted by atomic mass is 32.1. The fourth-order valence-electron chi connectivity index (χ4n) is 2.61. The maximum absolute atomic E-state index is 13.1. The van der Waals surface area contributed by atoms with Crippen LogP contribution in [-0.2, 0) is 0 Å². The number of para-hydroxylation sites is 1. The third-order valence-corrected chi connectivity index (χ3v) is 4.80. The van der Waals surface area contributed by atoms with Crippen molar-refractivity contribution < 1.29 is 13.9 Å². The molecule has 7 nitrogen and oxygen atoms in total. The summed E-state index contributed by atoms with van der Waals surface area (Å²) < 4.78 is 20.8. The molecule has 0 aliphatic rings. The van der Waals surface area contributed by atoms with Gasteiger partial charge in [-0.05, 0) is 43.3 Å². The Morgan fingerprint density at radius 1 is 1.19 bits per heavy atom. The lowest BCUT2D eigenvalue weighted by molar-refractivity contribution is 0.101. The minimum Gasteiger partial charge on any atom is -0.494 e. The molecule has 0 spiro atoms. The van der Waals surface area contributed by atoms with Crippen LogP contribution in [0.3, 0.4) is 0 Å². The van der Waals surface area contributed by atoms with Crippen molar-refractivity contribution in [1.82, 2.24) is 19.7 Å². The second-order valence-electron chi connectivity index (χ2n) is 5.65. The van der Waals surface area contributed by atoms with Gasteiger partial charge < -0.3 is 4.74 Å². The van der Waals surface area contributed by atoms with Crippen LogP contribution in [0.25, 0.3) is 15.9 Å².